The van der Waals surface area contributed by atoms with Crippen LogP contribution >= 0.6 is 11.6 Å². The van der Waals surface area contributed by atoms with Gasteiger partial charge in [0, 0.05) is 30.4 Å². The number of benzene rings is 2. The molecule has 1 fully saturated rings. The van der Waals surface area contributed by atoms with Crippen LogP contribution in [0.5, 0.6) is 5.75 Å². The average molecular weight is 440 g/mol. The van der Waals surface area contributed by atoms with E-state index in [9.17, 15) is 23.7 Å². The van der Waals surface area contributed by atoms with Gasteiger partial charge in [-0.15, -0.1) is 0 Å². The number of amides is 1. The van der Waals surface area contributed by atoms with Crippen LogP contribution in [0.1, 0.15) is 30.1 Å². The van der Waals surface area contributed by atoms with E-state index in [-0.39, 0.29) is 27.7 Å². The van der Waals surface area contributed by atoms with Gasteiger partial charge in [0.15, 0.2) is 0 Å². The van der Waals surface area contributed by atoms with E-state index in [0.29, 0.717) is 11.6 Å². The summed E-state index contributed by atoms with van der Waals surface area (Å²) in [5.74, 6) is -0.231. The molecule has 1 heterocycles. The summed E-state index contributed by atoms with van der Waals surface area (Å²) < 4.78 is 28.9. The molecule has 0 saturated carbocycles. The predicted octanol–water partition coefficient (Wildman–Crippen LogP) is 5.34. The Morgan fingerprint density at radius 2 is 1.97 bits per heavy atom. The van der Waals surface area contributed by atoms with Gasteiger partial charge in [0.25, 0.3) is 11.6 Å². The van der Waals surface area contributed by atoms with E-state index in [1.54, 1.807) is 6.07 Å². The molecule has 0 aromatic heterocycles. The number of anilines is 2. The first-order valence-electron chi connectivity index (χ1n) is 9.33. The highest BCUT2D eigenvalue weighted by Crippen LogP contribution is 2.33. The minimum Gasteiger partial charge on any atom is -0.433 e. The first-order valence-corrected chi connectivity index (χ1v) is 9.71. The van der Waals surface area contributed by atoms with Crippen molar-refractivity contribution in [2.75, 3.05) is 23.3 Å². The number of nitro groups is 1. The lowest BCUT2D eigenvalue weighted by Crippen LogP contribution is -2.33. The molecule has 2 aromatic rings. The van der Waals surface area contributed by atoms with Gasteiger partial charge in [-0.2, -0.15) is 8.78 Å². The van der Waals surface area contributed by atoms with Crippen LogP contribution in [0.25, 0.3) is 0 Å². The number of halogens is 3. The van der Waals surface area contributed by atoms with Crippen LogP contribution in [0.15, 0.2) is 36.4 Å². The van der Waals surface area contributed by atoms with E-state index >= 15 is 0 Å². The summed E-state index contributed by atoms with van der Waals surface area (Å²) in [5.41, 5.74) is 0.680. The topological polar surface area (TPSA) is 84.7 Å². The molecule has 0 radical (unpaired) electrons. The van der Waals surface area contributed by atoms with Crippen molar-refractivity contribution in [3.8, 4) is 5.75 Å². The lowest BCUT2D eigenvalue weighted by Gasteiger charge is -2.31. The third-order valence-corrected chi connectivity index (χ3v) is 5.26. The highest BCUT2D eigenvalue weighted by molar-refractivity contribution is 6.32. The molecule has 1 amide bonds. The van der Waals surface area contributed by atoms with Gasteiger partial charge in [-0.1, -0.05) is 18.5 Å². The van der Waals surface area contributed by atoms with Gasteiger partial charge in [0.05, 0.1) is 9.95 Å². The van der Waals surface area contributed by atoms with E-state index in [4.69, 9.17) is 11.6 Å². The third kappa shape index (κ3) is 5.15. The maximum absolute atomic E-state index is 12.6. The van der Waals surface area contributed by atoms with E-state index in [1.807, 2.05) is 4.90 Å². The first-order chi connectivity index (χ1) is 14.2. The summed E-state index contributed by atoms with van der Waals surface area (Å²) in [6.07, 6.45) is 1.90. The van der Waals surface area contributed by atoms with Crippen molar-refractivity contribution in [1.82, 2.24) is 0 Å². The van der Waals surface area contributed by atoms with Crippen molar-refractivity contribution < 1.29 is 23.2 Å². The van der Waals surface area contributed by atoms with Crippen LogP contribution < -0.4 is 15.0 Å². The van der Waals surface area contributed by atoms with Crippen molar-refractivity contribution in [3.05, 3.63) is 57.1 Å². The van der Waals surface area contributed by atoms with Crippen molar-refractivity contribution in [2.45, 2.75) is 26.4 Å². The maximum atomic E-state index is 12.6. The molecule has 0 atom stereocenters. The summed E-state index contributed by atoms with van der Waals surface area (Å²) in [4.78, 5) is 25.6. The molecule has 2 aromatic carbocycles. The second-order valence-electron chi connectivity index (χ2n) is 7.11. The fraction of sp³-hybridized carbons (Fsp3) is 0.350. The molecule has 1 aliphatic heterocycles. The number of ether oxygens (including phenoxy) is 1. The molecule has 7 nitrogen and oxygen atoms in total. The molecule has 0 unspecified atom stereocenters. The Labute approximate surface area is 176 Å². The number of hydrogen-bond acceptors (Lipinski definition) is 5. The van der Waals surface area contributed by atoms with Gasteiger partial charge in [-0.3, -0.25) is 14.9 Å². The number of hydrogen-bond donors (Lipinski definition) is 1. The average Bonchev–Trinajstić information content (AvgIpc) is 2.70. The highest BCUT2D eigenvalue weighted by atomic mass is 35.5. The second kappa shape index (κ2) is 9.25. The van der Waals surface area contributed by atoms with Crippen molar-refractivity contribution in [1.29, 1.82) is 0 Å². The number of carbonyl (C=O) groups excluding carboxylic acids is 1. The molecular formula is C20H20ClF2N3O4. The third-order valence-electron chi connectivity index (χ3n) is 4.96. The summed E-state index contributed by atoms with van der Waals surface area (Å²) in [6.45, 7) is 0.570. The molecule has 0 spiro atoms. The van der Waals surface area contributed by atoms with Gasteiger partial charge >= 0.3 is 6.61 Å². The minimum atomic E-state index is -3.02. The van der Waals surface area contributed by atoms with Gasteiger partial charge in [0.1, 0.15) is 11.4 Å². The van der Waals surface area contributed by atoms with Gasteiger partial charge in [0.2, 0.25) is 0 Å². The van der Waals surface area contributed by atoms with Crippen LogP contribution in [0.4, 0.5) is 25.8 Å². The predicted molar refractivity (Wildman–Crippen MR) is 110 cm³/mol. The number of nitro benzene ring substituents is 1. The maximum Gasteiger partial charge on any atom is 0.387 e. The summed E-state index contributed by atoms with van der Waals surface area (Å²) in [5, 5.41) is 14.0. The smallest absolute Gasteiger partial charge is 0.387 e. The molecule has 1 N–H and O–H groups in total. The van der Waals surface area contributed by atoms with E-state index in [2.05, 4.69) is 17.0 Å². The fourth-order valence-electron chi connectivity index (χ4n) is 3.30. The minimum absolute atomic E-state index is 0.0971. The number of alkyl halides is 2. The van der Waals surface area contributed by atoms with Gasteiger partial charge in [-0.05, 0) is 49.1 Å². The van der Waals surface area contributed by atoms with Crippen molar-refractivity contribution in [2.24, 2.45) is 5.92 Å². The monoisotopic (exact) mass is 439 g/mol. The molecule has 3 rings (SSSR count). The summed E-state index contributed by atoms with van der Waals surface area (Å²) >= 11 is 5.88. The molecular weight excluding hydrogens is 420 g/mol. The number of nitrogens with one attached hydrogen (secondary N) is 1. The largest absolute Gasteiger partial charge is 0.433 e. The Morgan fingerprint density at radius 3 is 2.57 bits per heavy atom. The van der Waals surface area contributed by atoms with Gasteiger partial charge in [-0.25, -0.2) is 0 Å². The summed E-state index contributed by atoms with van der Waals surface area (Å²) in [7, 11) is 0. The van der Waals surface area contributed by atoms with Gasteiger partial charge < -0.3 is 15.0 Å². The summed E-state index contributed by atoms with van der Waals surface area (Å²) in [6, 6.07) is 8.14. The zero-order chi connectivity index (χ0) is 21.8. The van der Waals surface area contributed by atoms with Crippen molar-refractivity contribution >= 4 is 34.6 Å². The first kappa shape index (κ1) is 21.8. The number of carbonyl (C=O) groups is 1. The standard InChI is InChI=1S/C20H20ClF2N3O4/c1-12-6-8-25(9-7-12)16-4-2-13(10-17(16)26(28)29)19(27)24-14-3-5-18(15(21)11-14)30-20(22)23/h2-5,10-12,20H,6-9H2,1H3,(H,24,27). The fourth-order valence-corrected chi connectivity index (χ4v) is 3.53. The zero-order valence-corrected chi connectivity index (χ0v) is 16.9. The van der Waals surface area contributed by atoms with Crippen LogP contribution in [0.3, 0.4) is 0 Å². The highest BCUT2D eigenvalue weighted by Gasteiger charge is 2.25. The molecule has 10 heteroatoms. The number of piperidine rings is 1. The molecule has 1 saturated heterocycles. The number of nitrogens with zero attached hydrogens (tertiary/aromatic N) is 2. The molecule has 30 heavy (non-hydrogen) atoms. The lowest BCUT2D eigenvalue weighted by molar-refractivity contribution is -0.384. The Balaban J connectivity index is 1.78. The Morgan fingerprint density at radius 1 is 1.27 bits per heavy atom. The second-order valence-corrected chi connectivity index (χ2v) is 7.52. The Bertz CT molecular complexity index is 950. The van der Waals surface area contributed by atoms with E-state index in [0.717, 1.165) is 25.9 Å². The zero-order valence-electron chi connectivity index (χ0n) is 16.1. The van der Waals surface area contributed by atoms with E-state index < -0.39 is 17.4 Å². The van der Waals surface area contributed by atoms with Crippen LogP contribution in [-0.4, -0.2) is 30.5 Å². The molecule has 160 valence electrons. The van der Waals surface area contributed by atoms with E-state index in [1.165, 1.54) is 30.3 Å². The molecule has 0 bridgehead atoms. The lowest BCUT2D eigenvalue weighted by atomic mass is 9.98. The SMILES string of the molecule is CC1CCN(c2ccc(C(=O)Nc3ccc(OC(F)F)c(Cl)c3)cc2[N+](=O)[O-])CC1. The molecule has 1 aliphatic rings. The molecule has 0 aliphatic carbocycles. The van der Waals surface area contributed by atoms with Crippen molar-refractivity contribution in [3.63, 3.8) is 0 Å². The van der Waals surface area contributed by atoms with Crippen LogP contribution in [-0.2, 0) is 0 Å². The quantitative estimate of drug-likeness (QED) is 0.485. The number of rotatable bonds is 6. The Hall–Kier alpha value is -2.94. The normalized spacial score (nSPS) is 14.6. The van der Waals surface area contributed by atoms with Crippen LogP contribution in [0.2, 0.25) is 5.02 Å². The Kier molecular flexibility index (Phi) is 6.71. The van der Waals surface area contributed by atoms with Crippen LogP contribution in [0, 0.1) is 16.0 Å².